The van der Waals surface area contributed by atoms with Gasteiger partial charge < -0.3 is 5.32 Å². The van der Waals surface area contributed by atoms with Crippen molar-refractivity contribution in [2.24, 2.45) is 0 Å². The van der Waals surface area contributed by atoms with Crippen LogP contribution in [0.2, 0.25) is 10.0 Å². The van der Waals surface area contributed by atoms with Crippen LogP contribution in [0.5, 0.6) is 0 Å². The minimum absolute atomic E-state index is 0.552. The monoisotopic (exact) mass is 317 g/mol. The minimum Gasteiger partial charge on any atom is -0.379 e. The van der Waals surface area contributed by atoms with Gasteiger partial charge in [0.25, 0.3) is 0 Å². The number of para-hydroxylation sites is 2. The maximum atomic E-state index is 6.19. The zero-order valence-corrected chi connectivity index (χ0v) is 12.6. The van der Waals surface area contributed by atoms with Gasteiger partial charge in [-0.1, -0.05) is 41.4 Å². The molecule has 0 saturated carbocycles. The van der Waals surface area contributed by atoms with Crippen molar-refractivity contribution < 1.29 is 0 Å². The Morgan fingerprint density at radius 1 is 0.952 bits per heavy atom. The Morgan fingerprint density at radius 3 is 2.43 bits per heavy atom. The zero-order chi connectivity index (χ0) is 14.7. The number of nitrogens with one attached hydrogen (secondary N) is 1. The summed E-state index contributed by atoms with van der Waals surface area (Å²) < 4.78 is 1.82. The average molecular weight is 318 g/mol. The first-order valence-electron chi connectivity index (χ1n) is 6.51. The molecule has 5 heteroatoms. The molecule has 3 nitrogen and oxygen atoms in total. The van der Waals surface area contributed by atoms with E-state index in [1.165, 1.54) is 0 Å². The predicted octanol–water partition coefficient (Wildman–Crippen LogP) is 4.79. The van der Waals surface area contributed by atoms with Gasteiger partial charge in [-0.05, 0) is 30.3 Å². The fourth-order valence-corrected chi connectivity index (χ4v) is 2.65. The molecule has 0 atom stereocenters. The van der Waals surface area contributed by atoms with Crippen molar-refractivity contribution in [3.05, 3.63) is 76.5 Å². The molecule has 1 N–H and O–H groups in total. The van der Waals surface area contributed by atoms with Crippen molar-refractivity contribution in [1.29, 1.82) is 0 Å². The van der Waals surface area contributed by atoms with Gasteiger partial charge in [0.15, 0.2) is 0 Å². The number of anilines is 1. The standard InChI is InChI=1S/C16H13Cl2N3/c17-13-5-3-6-14(18)12(13)11-19-15-7-1-2-8-16(15)21-10-4-9-20-21/h1-10,19H,11H2. The summed E-state index contributed by atoms with van der Waals surface area (Å²) in [6.45, 7) is 0.552. The summed E-state index contributed by atoms with van der Waals surface area (Å²) in [5.74, 6) is 0. The molecule has 1 aromatic heterocycles. The predicted molar refractivity (Wildman–Crippen MR) is 87.4 cm³/mol. The van der Waals surface area contributed by atoms with Gasteiger partial charge >= 0.3 is 0 Å². The summed E-state index contributed by atoms with van der Waals surface area (Å²) in [4.78, 5) is 0. The van der Waals surface area contributed by atoms with E-state index in [2.05, 4.69) is 10.4 Å². The number of aromatic nitrogens is 2. The topological polar surface area (TPSA) is 29.9 Å². The van der Waals surface area contributed by atoms with Gasteiger partial charge in [-0.2, -0.15) is 5.10 Å². The second-order valence-electron chi connectivity index (χ2n) is 4.52. The van der Waals surface area contributed by atoms with E-state index >= 15 is 0 Å². The maximum Gasteiger partial charge on any atom is 0.0876 e. The van der Waals surface area contributed by atoms with E-state index < -0.39 is 0 Å². The van der Waals surface area contributed by atoms with Gasteiger partial charge in [0.2, 0.25) is 0 Å². The van der Waals surface area contributed by atoms with Crippen LogP contribution in [-0.2, 0) is 6.54 Å². The highest BCUT2D eigenvalue weighted by molar-refractivity contribution is 6.36. The molecular weight excluding hydrogens is 305 g/mol. The Bertz CT molecular complexity index is 719. The lowest BCUT2D eigenvalue weighted by Gasteiger charge is -2.13. The van der Waals surface area contributed by atoms with Crippen LogP contribution >= 0.6 is 23.2 Å². The molecule has 0 amide bonds. The van der Waals surface area contributed by atoms with Crippen LogP contribution in [-0.4, -0.2) is 9.78 Å². The van der Waals surface area contributed by atoms with Crippen molar-refractivity contribution in [1.82, 2.24) is 9.78 Å². The highest BCUT2D eigenvalue weighted by Gasteiger charge is 2.08. The first-order valence-corrected chi connectivity index (χ1v) is 7.27. The fraction of sp³-hybridized carbons (Fsp3) is 0.0625. The molecule has 0 spiro atoms. The Hall–Kier alpha value is -1.97. The second-order valence-corrected chi connectivity index (χ2v) is 5.34. The SMILES string of the molecule is Clc1cccc(Cl)c1CNc1ccccc1-n1cccn1. The summed E-state index contributed by atoms with van der Waals surface area (Å²) in [5.41, 5.74) is 2.83. The quantitative estimate of drug-likeness (QED) is 0.749. The van der Waals surface area contributed by atoms with Gasteiger partial charge in [-0.3, -0.25) is 0 Å². The van der Waals surface area contributed by atoms with E-state index in [9.17, 15) is 0 Å². The van der Waals surface area contributed by atoms with Crippen LogP contribution in [0.3, 0.4) is 0 Å². The molecular formula is C16H13Cl2N3. The van der Waals surface area contributed by atoms with Crippen LogP contribution in [0, 0.1) is 0 Å². The summed E-state index contributed by atoms with van der Waals surface area (Å²) in [6.07, 6.45) is 3.66. The first-order chi connectivity index (χ1) is 10.3. The van der Waals surface area contributed by atoms with E-state index in [-0.39, 0.29) is 0 Å². The molecule has 0 aliphatic rings. The van der Waals surface area contributed by atoms with Crippen LogP contribution in [0.15, 0.2) is 60.9 Å². The lowest BCUT2D eigenvalue weighted by Crippen LogP contribution is -2.05. The highest BCUT2D eigenvalue weighted by Crippen LogP contribution is 2.26. The van der Waals surface area contributed by atoms with E-state index in [1.54, 1.807) is 6.20 Å². The molecule has 0 aliphatic carbocycles. The number of hydrogen-bond donors (Lipinski definition) is 1. The van der Waals surface area contributed by atoms with Crippen molar-refractivity contribution in [2.45, 2.75) is 6.54 Å². The molecule has 2 aromatic carbocycles. The molecule has 0 radical (unpaired) electrons. The van der Waals surface area contributed by atoms with Gasteiger partial charge in [0.05, 0.1) is 11.4 Å². The molecule has 0 aliphatic heterocycles. The molecule has 1 heterocycles. The average Bonchev–Trinajstić information content (AvgIpc) is 3.01. The third kappa shape index (κ3) is 3.04. The Kier molecular flexibility index (Phi) is 4.13. The molecule has 0 fully saturated rings. The van der Waals surface area contributed by atoms with Crippen LogP contribution in [0.1, 0.15) is 5.56 Å². The van der Waals surface area contributed by atoms with Crippen LogP contribution in [0.4, 0.5) is 5.69 Å². The molecule has 0 unspecified atom stereocenters. The fourth-order valence-electron chi connectivity index (χ4n) is 2.12. The second kappa shape index (κ2) is 6.20. The normalized spacial score (nSPS) is 10.6. The lowest BCUT2D eigenvalue weighted by atomic mass is 10.2. The van der Waals surface area contributed by atoms with Crippen molar-refractivity contribution in [2.75, 3.05) is 5.32 Å². The summed E-state index contributed by atoms with van der Waals surface area (Å²) in [7, 11) is 0. The van der Waals surface area contributed by atoms with Crippen molar-refractivity contribution >= 4 is 28.9 Å². The zero-order valence-electron chi connectivity index (χ0n) is 11.1. The molecule has 106 valence electrons. The highest BCUT2D eigenvalue weighted by atomic mass is 35.5. The molecule has 0 bridgehead atoms. The minimum atomic E-state index is 0.552. The molecule has 3 rings (SSSR count). The van der Waals surface area contributed by atoms with Gasteiger partial charge in [0.1, 0.15) is 0 Å². The number of halogens is 2. The largest absolute Gasteiger partial charge is 0.379 e. The lowest BCUT2D eigenvalue weighted by molar-refractivity contribution is 0.879. The third-order valence-electron chi connectivity index (χ3n) is 3.17. The van der Waals surface area contributed by atoms with Gasteiger partial charge in [-0.15, -0.1) is 0 Å². The first kappa shape index (κ1) is 14.0. The van der Waals surface area contributed by atoms with E-state index in [4.69, 9.17) is 23.2 Å². The van der Waals surface area contributed by atoms with Crippen molar-refractivity contribution in [3.63, 3.8) is 0 Å². The van der Waals surface area contributed by atoms with Gasteiger partial charge in [-0.25, -0.2) is 4.68 Å². The summed E-state index contributed by atoms with van der Waals surface area (Å²) >= 11 is 12.4. The summed E-state index contributed by atoms with van der Waals surface area (Å²) in [6, 6.07) is 15.4. The van der Waals surface area contributed by atoms with Gasteiger partial charge in [0, 0.05) is 34.5 Å². The van der Waals surface area contributed by atoms with Crippen LogP contribution < -0.4 is 5.32 Å². The number of rotatable bonds is 4. The molecule has 21 heavy (non-hydrogen) atoms. The smallest absolute Gasteiger partial charge is 0.0876 e. The van der Waals surface area contributed by atoms with E-state index in [1.807, 2.05) is 59.4 Å². The van der Waals surface area contributed by atoms with Crippen LogP contribution in [0.25, 0.3) is 5.69 Å². The third-order valence-corrected chi connectivity index (χ3v) is 3.88. The molecule has 3 aromatic rings. The van der Waals surface area contributed by atoms with E-state index in [0.29, 0.717) is 16.6 Å². The van der Waals surface area contributed by atoms with E-state index in [0.717, 1.165) is 16.9 Å². The maximum absolute atomic E-state index is 6.19. The Balaban J connectivity index is 1.86. The number of hydrogen-bond acceptors (Lipinski definition) is 2. The number of nitrogens with zero attached hydrogens (tertiary/aromatic N) is 2. The summed E-state index contributed by atoms with van der Waals surface area (Å²) in [5, 5.41) is 8.95. The van der Waals surface area contributed by atoms with Crippen molar-refractivity contribution in [3.8, 4) is 5.69 Å². The number of benzene rings is 2. The Labute approximate surface area is 133 Å². The molecule has 0 saturated heterocycles. The Morgan fingerprint density at radius 2 is 1.71 bits per heavy atom.